The first-order chi connectivity index (χ1) is 13.1. The second kappa shape index (κ2) is 7.39. The second-order valence-electron chi connectivity index (χ2n) is 7.22. The fraction of sp³-hybridized carbons (Fsp3) is 0.381. The molecule has 0 unspecified atom stereocenters. The molecule has 1 N–H and O–H groups in total. The van der Waals surface area contributed by atoms with Gasteiger partial charge in [-0.3, -0.25) is 9.89 Å². The van der Waals surface area contributed by atoms with Gasteiger partial charge in [0.2, 0.25) is 5.91 Å². The van der Waals surface area contributed by atoms with Crippen LogP contribution in [0.2, 0.25) is 0 Å². The summed E-state index contributed by atoms with van der Waals surface area (Å²) < 4.78 is 1.94. The molecule has 1 aliphatic heterocycles. The third kappa shape index (κ3) is 3.39. The first kappa shape index (κ1) is 17.5. The molecule has 2 aromatic heterocycles. The number of imidazole rings is 1. The summed E-state index contributed by atoms with van der Waals surface area (Å²) in [6, 6.07) is 10.1. The molecule has 0 aliphatic carbocycles. The topological polar surface area (TPSA) is 66.8 Å². The molecule has 3 aromatic rings. The summed E-state index contributed by atoms with van der Waals surface area (Å²) in [4.78, 5) is 19.1. The number of carbonyl (C=O) groups is 1. The zero-order chi connectivity index (χ0) is 18.8. The van der Waals surface area contributed by atoms with E-state index in [1.807, 2.05) is 53.9 Å². The van der Waals surface area contributed by atoms with Gasteiger partial charge in [-0.15, -0.1) is 0 Å². The second-order valence-corrected chi connectivity index (χ2v) is 7.22. The van der Waals surface area contributed by atoms with E-state index in [1.165, 1.54) is 16.8 Å². The van der Waals surface area contributed by atoms with Crippen LogP contribution in [0.3, 0.4) is 0 Å². The zero-order valence-corrected chi connectivity index (χ0v) is 15.8. The van der Waals surface area contributed by atoms with Gasteiger partial charge >= 0.3 is 0 Å². The highest BCUT2D eigenvalue weighted by Gasteiger charge is 2.29. The third-order valence-electron chi connectivity index (χ3n) is 5.61. The van der Waals surface area contributed by atoms with Crippen molar-refractivity contribution < 1.29 is 4.79 Å². The largest absolute Gasteiger partial charge is 0.341 e. The molecule has 4 rings (SSSR count). The summed E-state index contributed by atoms with van der Waals surface area (Å²) in [5.41, 5.74) is 3.54. The van der Waals surface area contributed by atoms with Gasteiger partial charge in [-0.1, -0.05) is 30.3 Å². The van der Waals surface area contributed by atoms with E-state index in [0.717, 1.165) is 31.8 Å². The van der Waals surface area contributed by atoms with E-state index in [-0.39, 0.29) is 11.9 Å². The lowest BCUT2D eigenvalue weighted by atomic mass is 9.89. The van der Waals surface area contributed by atoms with E-state index in [2.05, 4.69) is 27.3 Å². The maximum atomic E-state index is 12.9. The number of nitrogens with one attached hydrogen (secondary N) is 1. The van der Waals surface area contributed by atoms with Crippen molar-refractivity contribution in [3.8, 4) is 11.1 Å². The number of nitrogens with zero attached hydrogens (tertiary/aromatic N) is 4. The zero-order valence-electron chi connectivity index (χ0n) is 15.8. The van der Waals surface area contributed by atoms with E-state index in [0.29, 0.717) is 5.92 Å². The molecule has 1 saturated heterocycles. The SMILES string of the molecule is Cc1nccn1[C@@H](C)C(=O)N1CCC(c2[nH]ncc2-c2ccccc2)CC1. The molecule has 1 amide bonds. The molecule has 0 spiro atoms. The minimum atomic E-state index is -0.212. The highest BCUT2D eigenvalue weighted by molar-refractivity contribution is 5.80. The maximum Gasteiger partial charge on any atom is 0.245 e. The summed E-state index contributed by atoms with van der Waals surface area (Å²) in [5.74, 6) is 1.44. The Balaban J connectivity index is 1.44. The highest BCUT2D eigenvalue weighted by atomic mass is 16.2. The summed E-state index contributed by atoms with van der Waals surface area (Å²) in [7, 11) is 0. The molecule has 0 radical (unpaired) electrons. The van der Waals surface area contributed by atoms with Gasteiger partial charge in [0.25, 0.3) is 0 Å². The minimum Gasteiger partial charge on any atom is -0.341 e. The smallest absolute Gasteiger partial charge is 0.245 e. The third-order valence-corrected chi connectivity index (χ3v) is 5.61. The van der Waals surface area contributed by atoms with Crippen LogP contribution in [0.5, 0.6) is 0 Å². The van der Waals surface area contributed by atoms with Crippen LogP contribution < -0.4 is 0 Å². The van der Waals surface area contributed by atoms with Crippen LogP contribution >= 0.6 is 0 Å². The summed E-state index contributed by atoms with van der Waals surface area (Å²) in [6.45, 7) is 5.43. The molecule has 27 heavy (non-hydrogen) atoms. The molecule has 1 fully saturated rings. The van der Waals surface area contributed by atoms with Crippen LogP contribution in [0, 0.1) is 6.92 Å². The Hall–Kier alpha value is -2.89. The molecule has 3 heterocycles. The molecule has 1 aromatic carbocycles. The van der Waals surface area contributed by atoms with E-state index < -0.39 is 0 Å². The normalized spacial score (nSPS) is 16.4. The molecule has 1 atom stereocenters. The van der Waals surface area contributed by atoms with Crippen LogP contribution in [0.15, 0.2) is 48.9 Å². The molecule has 6 heteroatoms. The van der Waals surface area contributed by atoms with Crippen molar-refractivity contribution in [2.24, 2.45) is 0 Å². The number of likely N-dealkylation sites (tertiary alicyclic amines) is 1. The Kier molecular flexibility index (Phi) is 4.79. The first-order valence-electron chi connectivity index (χ1n) is 9.52. The van der Waals surface area contributed by atoms with Crippen LogP contribution in [-0.4, -0.2) is 43.6 Å². The molecule has 1 aliphatic rings. The predicted molar refractivity (Wildman–Crippen MR) is 104 cm³/mol. The first-order valence-corrected chi connectivity index (χ1v) is 9.52. The monoisotopic (exact) mass is 363 g/mol. The van der Waals surface area contributed by atoms with Crippen molar-refractivity contribution in [1.29, 1.82) is 0 Å². The minimum absolute atomic E-state index is 0.169. The van der Waals surface area contributed by atoms with Crippen LogP contribution in [0.4, 0.5) is 0 Å². The maximum absolute atomic E-state index is 12.9. The lowest BCUT2D eigenvalue weighted by Gasteiger charge is -2.34. The van der Waals surface area contributed by atoms with Crippen molar-refractivity contribution in [2.75, 3.05) is 13.1 Å². The quantitative estimate of drug-likeness (QED) is 0.771. The van der Waals surface area contributed by atoms with Gasteiger partial charge in [-0.2, -0.15) is 5.10 Å². The molecular formula is C21H25N5O. The van der Waals surface area contributed by atoms with Crippen molar-refractivity contribution in [1.82, 2.24) is 24.6 Å². The summed E-state index contributed by atoms with van der Waals surface area (Å²) in [6.07, 6.45) is 7.43. The number of amides is 1. The van der Waals surface area contributed by atoms with Crippen LogP contribution in [-0.2, 0) is 4.79 Å². The molecule has 6 nitrogen and oxygen atoms in total. The van der Waals surface area contributed by atoms with E-state index in [9.17, 15) is 4.79 Å². The van der Waals surface area contributed by atoms with Gasteiger partial charge in [0, 0.05) is 42.7 Å². The average molecular weight is 363 g/mol. The summed E-state index contributed by atoms with van der Waals surface area (Å²) >= 11 is 0. The van der Waals surface area contributed by atoms with E-state index in [1.54, 1.807) is 6.20 Å². The number of H-pyrrole nitrogens is 1. The van der Waals surface area contributed by atoms with Gasteiger partial charge in [-0.05, 0) is 32.3 Å². The fourth-order valence-electron chi connectivity index (χ4n) is 4.02. The van der Waals surface area contributed by atoms with Gasteiger partial charge < -0.3 is 9.47 Å². The lowest BCUT2D eigenvalue weighted by molar-refractivity contribution is -0.135. The predicted octanol–water partition coefficient (Wildman–Crippen LogP) is 3.55. The molecule has 0 saturated carbocycles. The Morgan fingerprint density at radius 1 is 1.22 bits per heavy atom. The number of aryl methyl sites for hydroxylation is 1. The van der Waals surface area contributed by atoms with Gasteiger partial charge in [0.1, 0.15) is 11.9 Å². The Morgan fingerprint density at radius 2 is 1.96 bits per heavy atom. The number of rotatable bonds is 4. The number of benzene rings is 1. The van der Waals surface area contributed by atoms with Crippen LogP contribution in [0.1, 0.15) is 43.2 Å². The van der Waals surface area contributed by atoms with Crippen molar-refractivity contribution in [3.63, 3.8) is 0 Å². The average Bonchev–Trinajstić information content (AvgIpc) is 3.37. The number of piperidine rings is 1. The van der Waals surface area contributed by atoms with Crippen molar-refractivity contribution >= 4 is 5.91 Å². The van der Waals surface area contributed by atoms with Gasteiger partial charge in [0.05, 0.1) is 6.20 Å². The fourth-order valence-corrected chi connectivity index (χ4v) is 4.02. The Bertz CT molecular complexity index is 906. The van der Waals surface area contributed by atoms with Crippen molar-refractivity contribution in [3.05, 3.63) is 60.4 Å². The lowest BCUT2D eigenvalue weighted by Crippen LogP contribution is -2.41. The molecule has 0 bridgehead atoms. The Morgan fingerprint density at radius 3 is 2.63 bits per heavy atom. The number of hydrogen-bond donors (Lipinski definition) is 1. The standard InChI is InChI=1S/C21H25N5O/c1-15(26-13-10-22-16(26)2)21(27)25-11-8-18(9-12-25)20-19(14-23-24-20)17-6-4-3-5-7-17/h3-7,10,13-15,18H,8-9,11-12H2,1-2H3,(H,23,24)/t15-/m0/s1. The highest BCUT2D eigenvalue weighted by Crippen LogP contribution is 2.34. The number of hydrogen-bond acceptors (Lipinski definition) is 3. The van der Waals surface area contributed by atoms with E-state index in [4.69, 9.17) is 0 Å². The van der Waals surface area contributed by atoms with Crippen LogP contribution in [0.25, 0.3) is 11.1 Å². The summed E-state index contributed by atoms with van der Waals surface area (Å²) in [5, 5.41) is 7.49. The number of aromatic amines is 1. The van der Waals surface area contributed by atoms with E-state index >= 15 is 0 Å². The number of carbonyl (C=O) groups excluding carboxylic acids is 1. The Labute approximate surface area is 159 Å². The van der Waals surface area contributed by atoms with Crippen molar-refractivity contribution in [2.45, 2.75) is 38.6 Å². The molecular weight excluding hydrogens is 338 g/mol. The van der Waals surface area contributed by atoms with Gasteiger partial charge in [0.15, 0.2) is 0 Å². The molecule has 140 valence electrons. The number of aromatic nitrogens is 4. The van der Waals surface area contributed by atoms with Gasteiger partial charge in [-0.25, -0.2) is 4.98 Å².